The number of benzene rings is 1. The first kappa shape index (κ1) is 9.71. The molecule has 0 spiro atoms. The normalized spacial score (nSPS) is 24.4. The van der Waals surface area contributed by atoms with Gasteiger partial charge in [-0.25, -0.2) is 0 Å². The Hall–Kier alpha value is -1.50. The highest BCUT2D eigenvalue weighted by atomic mass is 16.3. The van der Waals surface area contributed by atoms with E-state index in [2.05, 4.69) is 30.4 Å². The molecule has 2 aromatic rings. The van der Waals surface area contributed by atoms with Gasteiger partial charge in [0.2, 0.25) is 0 Å². The predicted molar refractivity (Wildman–Crippen MR) is 67.4 cm³/mol. The third kappa shape index (κ3) is 1.24. The van der Waals surface area contributed by atoms with Gasteiger partial charge in [0.1, 0.15) is 11.3 Å². The van der Waals surface area contributed by atoms with Crippen molar-refractivity contribution in [1.82, 2.24) is 0 Å². The summed E-state index contributed by atoms with van der Waals surface area (Å²) in [6.45, 7) is 4.00. The second-order valence-corrected chi connectivity index (χ2v) is 4.24. The number of furan rings is 1. The average molecular weight is 212 g/mol. The monoisotopic (exact) mass is 212 g/mol. The molecule has 82 valence electrons. The third-order valence-corrected chi connectivity index (χ3v) is 3.37. The molecule has 1 saturated carbocycles. The molecule has 2 unspecified atom stereocenters. The third-order valence-electron chi connectivity index (χ3n) is 3.37. The van der Waals surface area contributed by atoms with E-state index in [0.717, 1.165) is 23.2 Å². The number of rotatable bonds is 0. The number of hydrogen-bond acceptors (Lipinski definition) is 1. The van der Waals surface area contributed by atoms with Gasteiger partial charge in [0.25, 0.3) is 0 Å². The minimum Gasteiger partial charge on any atom is -0.456 e. The van der Waals surface area contributed by atoms with Crippen molar-refractivity contribution in [2.75, 3.05) is 0 Å². The van der Waals surface area contributed by atoms with Crippen LogP contribution in [0.4, 0.5) is 0 Å². The van der Waals surface area contributed by atoms with Crippen LogP contribution in [0.25, 0.3) is 17.0 Å². The first-order chi connectivity index (χ1) is 7.93. The van der Waals surface area contributed by atoms with Crippen molar-refractivity contribution in [3.63, 3.8) is 0 Å². The van der Waals surface area contributed by atoms with Gasteiger partial charge in [0, 0.05) is 10.9 Å². The SMILES string of the molecule is C1=CC2CC2c2c1oc1ccccc21.CC. The second kappa shape index (κ2) is 3.51. The molecule has 1 heteroatoms. The van der Waals surface area contributed by atoms with Gasteiger partial charge in [-0.1, -0.05) is 38.1 Å². The van der Waals surface area contributed by atoms with Gasteiger partial charge in [0.15, 0.2) is 0 Å². The number of hydrogen-bond donors (Lipinski definition) is 0. The summed E-state index contributed by atoms with van der Waals surface area (Å²) in [5, 5.41) is 1.32. The molecule has 1 heterocycles. The van der Waals surface area contributed by atoms with Crippen LogP contribution in [-0.2, 0) is 0 Å². The molecule has 2 aliphatic carbocycles. The molecule has 0 saturated heterocycles. The molecule has 1 fully saturated rings. The van der Waals surface area contributed by atoms with Crippen molar-refractivity contribution >= 4 is 17.0 Å². The zero-order chi connectivity index (χ0) is 11.1. The Morgan fingerprint density at radius 1 is 1.19 bits per heavy atom. The lowest BCUT2D eigenvalue weighted by Crippen LogP contribution is -1.87. The summed E-state index contributed by atoms with van der Waals surface area (Å²) in [6.07, 6.45) is 5.74. The molecular formula is C15H16O. The highest BCUT2D eigenvalue weighted by Crippen LogP contribution is 2.55. The Balaban J connectivity index is 0.000000386. The minimum atomic E-state index is 0.749. The van der Waals surface area contributed by atoms with Crippen molar-refractivity contribution in [1.29, 1.82) is 0 Å². The van der Waals surface area contributed by atoms with E-state index in [1.54, 1.807) is 0 Å². The van der Waals surface area contributed by atoms with E-state index in [1.165, 1.54) is 17.4 Å². The first-order valence-electron chi connectivity index (χ1n) is 6.13. The molecular weight excluding hydrogens is 196 g/mol. The molecule has 0 radical (unpaired) electrons. The summed E-state index contributed by atoms with van der Waals surface area (Å²) in [6, 6.07) is 8.35. The fraction of sp³-hybridized carbons (Fsp3) is 0.333. The van der Waals surface area contributed by atoms with Crippen molar-refractivity contribution in [3.8, 4) is 0 Å². The molecule has 2 aliphatic rings. The smallest absolute Gasteiger partial charge is 0.135 e. The molecule has 0 bridgehead atoms. The molecule has 0 aliphatic heterocycles. The van der Waals surface area contributed by atoms with Crippen molar-refractivity contribution < 1.29 is 4.42 Å². The molecule has 1 aromatic heterocycles. The standard InChI is InChI=1S/C13H10O.C2H6/c1-2-4-11-9(3-1)13-10-7-8(10)5-6-12(13)14-11;1-2/h1-6,8,10H,7H2;1-2H3. The summed E-state index contributed by atoms with van der Waals surface area (Å²) < 4.78 is 5.80. The van der Waals surface area contributed by atoms with Crippen LogP contribution in [-0.4, -0.2) is 0 Å². The maximum Gasteiger partial charge on any atom is 0.135 e. The lowest BCUT2D eigenvalue weighted by atomic mass is 10.0. The van der Waals surface area contributed by atoms with E-state index in [4.69, 9.17) is 4.42 Å². The highest BCUT2D eigenvalue weighted by Gasteiger charge is 2.42. The van der Waals surface area contributed by atoms with Crippen molar-refractivity contribution in [3.05, 3.63) is 41.7 Å². The maximum absolute atomic E-state index is 5.80. The zero-order valence-electron chi connectivity index (χ0n) is 9.73. The van der Waals surface area contributed by atoms with Crippen LogP contribution in [0.1, 0.15) is 37.5 Å². The van der Waals surface area contributed by atoms with Gasteiger partial charge < -0.3 is 4.42 Å². The van der Waals surface area contributed by atoms with Gasteiger partial charge in [0.05, 0.1) is 0 Å². The summed E-state index contributed by atoms with van der Waals surface area (Å²) >= 11 is 0. The Kier molecular flexibility index (Phi) is 2.13. The molecule has 0 N–H and O–H groups in total. The van der Waals surface area contributed by atoms with Crippen LogP contribution < -0.4 is 0 Å². The molecule has 2 atom stereocenters. The molecule has 16 heavy (non-hydrogen) atoms. The minimum absolute atomic E-state index is 0.749. The summed E-state index contributed by atoms with van der Waals surface area (Å²) in [5.41, 5.74) is 2.49. The van der Waals surface area contributed by atoms with Crippen molar-refractivity contribution in [2.45, 2.75) is 26.2 Å². The Morgan fingerprint density at radius 2 is 2.00 bits per heavy atom. The Labute approximate surface area is 95.8 Å². The van der Waals surface area contributed by atoms with Crippen LogP contribution in [0, 0.1) is 5.92 Å². The lowest BCUT2D eigenvalue weighted by molar-refractivity contribution is 0.595. The van der Waals surface area contributed by atoms with E-state index >= 15 is 0 Å². The number of fused-ring (bicyclic) bond motifs is 5. The van der Waals surface area contributed by atoms with E-state index < -0.39 is 0 Å². The maximum atomic E-state index is 5.80. The van der Waals surface area contributed by atoms with Crippen LogP contribution in [0.5, 0.6) is 0 Å². The molecule has 4 rings (SSSR count). The quantitative estimate of drug-likeness (QED) is 0.622. The van der Waals surface area contributed by atoms with E-state index in [-0.39, 0.29) is 0 Å². The summed E-state index contributed by atoms with van der Waals surface area (Å²) in [7, 11) is 0. The fourth-order valence-corrected chi connectivity index (χ4v) is 2.56. The van der Waals surface area contributed by atoms with Crippen LogP contribution in [0.2, 0.25) is 0 Å². The van der Waals surface area contributed by atoms with Gasteiger partial charge in [-0.15, -0.1) is 0 Å². The van der Waals surface area contributed by atoms with Crippen LogP contribution in [0.15, 0.2) is 34.8 Å². The predicted octanol–water partition coefficient (Wildman–Crippen LogP) is 4.59. The van der Waals surface area contributed by atoms with Gasteiger partial charge in [-0.2, -0.15) is 0 Å². The summed E-state index contributed by atoms with van der Waals surface area (Å²) in [4.78, 5) is 0. The zero-order valence-corrected chi connectivity index (χ0v) is 9.73. The topological polar surface area (TPSA) is 13.1 Å². The average Bonchev–Trinajstić information content (AvgIpc) is 3.04. The van der Waals surface area contributed by atoms with E-state index in [0.29, 0.717) is 0 Å². The lowest BCUT2D eigenvalue weighted by Gasteiger charge is -2.01. The second-order valence-electron chi connectivity index (χ2n) is 4.24. The Bertz CT molecular complexity index is 548. The Morgan fingerprint density at radius 3 is 2.88 bits per heavy atom. The van der Waals surface area contributed by atoms with Crippen LogP contribution >= 0.6 is 0 Å². The van der Waals surface area contributed by atoms with Crippen LogP contribution in [0.3, 0.4) is 0 Å². The van der Waals surface area contributed by atoms with Crippen molar-refractivity contribution in [2.24, 2.45) is 5.92 Å². The molecule has 0 amide bonds. The fourth-order valence-electron chi connectivity index (χ4n) is 2.56. The van der Waals surface area contributed by atoms with Gasteiger partial charge >= 0.3 is 0 Å². The van der Waals surface area contributed by atoms with Gasteiger partial charge in [-0.05, 0) is 30.4 Å². The molecule has 1 aromatic carbocycles. The molecule has 1 nitrogen and oxygen atoms in total. The van der Waals surface area contributed by atoms with Gasteiger partial charge in [-0.3, -0.25) is 0 Å². The number of allylic oxidation sites excluding steroid dienone is 1. The number of para-hydroxylation sites is 1. The first-order valence-corrected chi connectivity index (χ1v) is 6.13. The summed E-state index contributed by atoms with van der Waals surface area (Å²) in [5.74, 6) is 2.63. The highest BCUT2D eigenvalue weighted by molar-refractivity contribution is 5.86. The van der Waals surface area contributed by atoms with E-state index in [9.17, 15) is 0 Å². The van der Waals surface area contributed by atoms with E-state index in [1.807, 2.05) is 19.9 Å². The largest absolute Gasteiger partial charge is 0.456 e.